The molecule has 1 aromatic carbocycles. The second-order valence-corrected chi connectivity index (χ2v) is 8.41. The summed E-state index contributed by atoms with van der Waals surface area (Å²) in [6.07, 6.45) is 4.49. The van der Waals surface area contributed by atoms with Crippen LogP contribution in [0.1, 0.15) is 24.1 Å². The summed E-state index contributed by atoms with van der Waals surface area (Å²) in [5.41, 5.74) is 1.94. The van der Waals surface area contributed by atoms with E-state index in [0.29, 0.717) is 74.3 Å². The Bertz CT molecular complexity index is 1010. The van der Waals surface area contributed by atoms with Gasteiger partial charge in [0, 0.05) is 43.7 Å². The van der Waals surface area contributed by atoms with Crippen molar-refractivity contribution in [3.8, 4) is 5.69 Å². The number of hydrogen-bond donors (Lipinski definition) is 0. The molecular weight excluding hydrogens is 435 g/mol. The molecule has 32 heavy (non-hydrogen) atoms. The third-order valence-electron chi connectivity index (χ3n) is 5.99. The molecule has 0 bridgehead atoms. The number of amides is 2. The molecule has 0 N–H and O–H groups in total. The minimum Gasteiger partial charge on any atom is -0.378 e. The van der Waals surface area contributed by atoms with Gasteiger partial charge in [-0.25, -0.2) is 9.07 Å². The second kappa shape index (κ2) is 9.83. The van der Waals surface area contributed by atoms with Gasteiger partial charge in [0.1, 0.15) is 11.0 Å². The van der Waals surface area contributed by atoms with Crippen LogP contribution in [0.2, 0.25) is 5.15 Å². The number of nitrogens with zero attached hydrogens (tertiary/aromatic N) is 4. The van der Waals surface area contributed by atoms with Gasteiger partial charge >= 0.3 is 0 Å². The number of halogens is 2. The number of hydrogen-bond acceptors (Lipinski definition) is 4. The lowest BCUT2D eigenvalue weighted by molar-refractivity contribution is -0.142. The minimum atomic E-state index is -0.338. The van der Waals surface area contributed by atoms with Crippen molar-refractivity contribution in [1.29, 1.82) is 0 Å². The molecule has 2 aliphatic rings. The number of aryl methyl sites for hydroxylation is 1. The van der Waals surface area contributed by atoms with Crippen LogP contribution in [0.25, 0.3) is 11.8 Å². The molecule has 7 nitrogen and oxygen atoms in total. The molecule has 1 aromatic heterocycles. The number of piperidine rings is 1. The molecule has 2 amide bonds. The molecule has 0 spiro atoms. The van der Waals surface area contributed by atoms with Crippen LogP contribution in [0.5, 0.6) is 0 Å². The van der Waals surface area contributed by atoms with Crippen LogP contribution in [0, 0.1) is 18.7 Å². The minimum absolute atomic E-state index is 0.0354. The predicted molar refractivity (Wildman–Crippen MR) is 119 cm³/mol. The van der Waals surface area contributed by atoms with Gasteiger partial charge in [0.15, 0.2) is 0 Å². The standard InChI is InChI=1S/C23H26ClFN4O3/c1-16-20(22(24)29(26-16)19-4-2-18(25)3-5-19)6-7-21(30)27-10-8-17(9-11-27)23(31)28-12-14-32-15-13-28/h2-7,17H,8-15H2,1H3/b7-6+. The number of ether oxygens (including phenoxy) is 1. The van der Waals surface area contributed by atoms with Gasteiger partial charge in [0.05, 0.1) is 24.6 Å². The average molecular weight is 461 g/mol. The molecule has 2 aliphatic heterocycles. The lowest BCUT2D eigenvalue weighted by Crippen LogP contribution is -2.47. The third-order valence-corrected chi connectivity index (χ3v) is 6.35. The van der Waals surface area contributed by atoms with Crippen molar-refractivity contribution in [1.82, 2.24) is 19.6 Å². The van der Waals surface area contributed by atoms with Gasteiger partial charge in [-0.3, -0.25) is 9.59 Å². The van der Waals surface area contributed by atoms with E-state index < -0.39 is 0 Å². The summed E-state index contributed by atoms with van der Waals surface area (Å²) in [7, 11) is 0. The molecule has 0 atom stereocenters. The Hall–Kier alpha value is -2.71. The number of carbonyl (C=O) groups excluding carboxylic acids is 2. The Labute approximate surface area is 191 Å². The summed E-state index contributed by atoms with van der Waals surface area (Å²) < 4.78 is 20.0. The summed E-state index contributed by atoms with van der Waals surface area (Å²) in [5.74, 6) is -0.319. The molecule has 0 aliphatic carbocycles. The maximum atomic E-state index is 13.2. The van der Waals surface area contributed by atoms with E-state index in [1.807, 2.05) is 4.90 Å². The van der Waals surface area contributed by atoms with E-state index in [0.717, 1.165) is 0 Å². The Kier molecular flexibility index (Phi) is 6.91. The Balaban J connectivity index is 1.37. The fourth-order valence-electron chi connectivity index (χ4n) is 4.10. The van der Waals surface area contributed by atoms with Gasteiger partial charge in [0.2, 0.25) is 11.8 Å². The fourth-order valence-corrected chi connectivity index (χ4v) is 4.44. The average Bonchev–Trinajstić information content (AvgIpc) is 3.11. The molecule has 0 unspecified atom stereocenters. The number of rotatable bonds is 4. The van der Waals surface area contributed by atoms with Gasteiger partial charge < -0.3 is 14.5 Å². The summed E-state index contributed by atoms with van der Waals surface area (Å²) in [6, 6.07) is 5.87. The van der Waals surface area contributed by atoms with Crippen molar-refractivity contribution in [2.75, 3.05) is 39.4 Å². The number of morpholine rings is 1. The highest BCUT2D eigenvalue weighted by Crippen LogP contribution is 2.25. The fraction of sp³-hybridized carbons (Fsp3) is 0.435. The Morgan fingerprint density at radius 3 is 2.41 bits per heavy atom. The van der Waals surface area contributed by atoms with Crippen molar-refractivity contribution in [2.45, 2.75) is 19.8 Å². The SMILES string of the molecule is Cc1nn(-c2ccc(F)cc2)c(Cl)c1/C=C/C(=O)N1CCC(C(=O)N2CCOCC2)CC1. The Morgan fingerprint density at radius 2 is 1.75 bits per heavy atom. The molecular formula is C23H26ClFN4O3. The van der Waals surface area contributed by atoms with E-state index >= 15 is 0 Å². The highest BCUT2D eigenvalue weighted by Gasteiger charge is 2.30. The molecule has 170 valence electrons. The number of likely N-dealkylation sites (tertiary alicyclic amines) is 1. The third kappa shape index (κ3) is 4.86. The first-order valence-electron chi connectivity index (χ1n) is 10.8. The zero-order valence-corrected chi connectivity index (χ0v) is 18.7. The van der Waals surface area contributed by atoms with Gasteiger partial charge in [-0.1, -0.05) is 11.6 Å². The van der Waals surface area contributed by atoms with Gasteiger partial charge in [-0.15, -0.1) is 0 Å². The van der Waals surface area contributed by atoms with E-state index in [2.05, 4.69) is 5.10 Å². The normalized spacial score (nSPS) is 17.8. The first kappa shape index (κ1) is 22.5. The van der Waals surface area contributed by atoms with Gasteiger partial charge in [-0.05, 0) is 50.1 Å². The number of aromatic nitrogens is 2. The summed E-state index contributed by atoms with van der Waals surface area (Å²) >= 11 is 6.48. The summed E-state index contributed by atoms with van der Waals surface area (Å²) in [6.45, 7) is 5.37. The second-order valence-electron chi connectivity index (χ2n) is 8.05. The van der Waals surface area contributed by atoms with Crippen molar-refractivity contribution in [3.63, 3.8) is 0 Å². The van der Waals surface area contributed by atoms with Crippen molar-refractivity contribution >= 4 is 29.5 Å². The van der Waals surface area contributed by atoms with E-state index in [1.54, 1.807) is 30.0 Å². The largest absolute Gasteiger partial charge is 0.378 e. The Morgan fingerprint density at radius 1 is 1.09 bits per heavy atom. The molecule has 4 rings (SSSR count). The van der Waals surface area contributed by atoms with E-state index in [4.69, 9.17) is 16.3 Å². The molecule has 2 fully saturated rings. The van der Waals surface area contributed by atoms with Crippen LogP contribution in [-0.4, -0.2) is 70.8 Å². The maximum Gasteiger partial charge on any atom is 0.246 e. The quantitative estimate of drug-likeness (QED) is 0.657. The first-order valence-corrected chi connectivity index (χ1v) is 11.2. The van der Waals surface area contributed by atoms with Crippen LogP contribution in [0.15, 0.2) is 30.3 Å². The van der Waals surface area contributed by atoms with E-state index in [-0.39, 0.29) is 23.5 Å². The highest BCUT2D eigenvalue weighted by molar-refractivity contribution is 6.31. The monoisotopic (exact) mass is 460 g/mol. The summed E-state index contributed by atoms with van der Waals surface area (Å²) in [5, 5.41) is 4.76. The molecule has 2 aromatic rings. The molecule has 9 heteroatoms. The van der Waals surface area contributed by atoms with Crippen LogP contribution in [0.3, 0.4) is 0 Å². The number of carbonyl (C=O) groups is 2. The predicted octanol–water partition coefficient (Wildman–Crippen LogP) is 3.08. The molecule has 0 radical (unpaired) electrons. The van der Waals surface area contributed by atoms with E-state index in [9.17, 15) is 14.0 Å². The number of benzene rings is 1. The van der Waals surface area contributed by atoms with Crippen LogP contribution in [-0.2, 0) is 14.3 Å². The lowest BCUT2D eigenvalue weighted by Gasteiger charge is -2.35. The van der Waals surface area contributed by atoms with Crippen LogP contribution < -0.4 is 0 Å². The summed E-state index contributed by atoms with van der Waals surface area (Å²) in [4.78, 5) is 29.0. The molecule has 2 saturated heterocycles. The zero-order chi connectivity index (χ0) is 22.7. The van der Waals surface area contributed by atoms with Crippen molar-refractivity contribution < 1.29 is 18.7 Å². The topological polar surface area (TPSA) is 67.7 Å². The zero-order valence-electron chi connectivity index (χ0n) is 18.0. The van der Waals surface area contributed by atoms with Crippen LogP contribution in [0.4, 0.5) is 4.39 Å². The molecule has 3 heterocycles. The first-order chi connectivity index (χ1) is 15.4. The smallest absolute Gasteiger partial charge is 0.246 e. The highest BCUT2D eigenvalue weighted by atomic mass is 35.5. The van der Waals surface area contributed by atoms with Crippen molar-refractivity contribution in [3.05, 3.63) is 52.6 Å². The lowest BCUT2D eigenvalue weighted by atomic mass is 9.95. The van der Waals surface area contributed by atoms with Crippen LogP contribution >= 0.6 is 11.6 Å². The van der Waals surface area contributed by atoms with E-state index in [1.165, 1.54) is 22.9 Å². The molecule has 0 saturated carbocycles. The maximum absolute atomic E-state index is 13.2. The van der Waals surface area contributed by atoms with Crippen molar-refractivity contribution in [2.24, 2.45) is 5.92 Å². The van der Waals surface area contributed by atoms with Gasteiger partial charge in [-0.2, -0.15) is 5.10 Å². The van der Waals surface area contributed by atoms with Gasteiger partial charge in [0.25, 0.3) is 0 Å².